The third-order valence-electron chi connectivity index (χ3n) is 5.46. The third kappa shape index (κ3) is 3.48. The maximum atomic E-state index is 13.1. The molecule has 1 aliphatic heterocycles. The van der Waals surface area contributed by atoms with Crippen molar-refractivity contribution in [2.45, 2.75) is 45.6 Å². The van der Waals surface area contributed by atoms with Crippen LogP contribution in [0, 0.1) is 5.82 Å². The summed E-state index contributed by atoms with van der Waals surface area (Å²) in [5, 5.41) is 1.22. The van der Waals surface area contributed by atoms with Gasteiger partial charge in [0.15, 0.2) is 0 Å². The van der Waals surface area contributed by atoms with Gasteiger partial charge in [-0.25, -0.2) is 4.39 Å². The fourth-order valence-electron chi connectivity index (χ4n) is 3.78. The molecule has 0 saturated carbocycles. The number of amides is 1. The second kappa shape index (κ2) is 6.52. The molecule has 0 saturated heterocycles. The van der Waals surface area contributed by atoms with Gasteiger partial charge in [0.05, 0.1) is 6.42 Å². The van der Waals surface area contributed by atoms with Crippen molar-refractivity contribution in [2.24, 2.45) is 0 Å². The van der Waals surface area contributed by atoms with E-state index in [-0.39, 0.29) is 17.1 Å². The summed E-state index contributed by atoms with van der Waals surface area (Å²) >= 11 is 0. The number of H-pyrrole nitrogens is 1. The molecule has 3 aromatic rings. The molecular formula is C23H25FN2O. The molecule has 1 amide bonds. The van der Waals surface area contributed by atoms with Crippen LogP contribution in [0.3, 0.4) is 0 Å². The molecule has 3 nitrogen and oxygen atoms in total. The predicted molar refractivity (Wildman–Crippen MR) is 106 cm³/mol. The van der Waals surface area contributed by atoms with Crippen LogP contribution >= 0.6 is 0 Å². The van der Waals surface area contributed by atoms with E-state index in [0.29, 0.717) is 19.5 Å². The summed E-state index contributed by atoms with van der Waals surface area (Å²) < 4.78 is 13.1. The molecule has 0 bridgehead atoms. The zero-order chi connectivity index (χ0) is 19.2. The lowest BCUT2D eigenvalue weighted by molar-refractivity contribution is -0.131. The Labute approximate surface area is 159 Å². The molecule has 4 heteroatoms. The number of nitrogens with zero attached hydrogens (tertiary/aromatic N) is 1. The number of halogens is 1. The van der Waals surface area contributed by atoms with Crippen molar-refractivity contribution >= 4 is 16.8 Å². The van der Waals surface area contributed by atoms with Gasteiger partial charge in [0.2, 0.25) is 5.91 Å². The first kappa shape index (κ1) is 17.8. The van der Waals surface area contributed by atoms with Crippen LogP contribution in [0.15, 0.2) is 42.5 Å². The quantitative estimate of drug-likeness (QED) is 0.701. The topological polar surface area (TPSA) is 36.1 Å². The van der Waals surface area contributed by atoms with Crippen LogP contribution in [0.2, 0.25) is 0 Å². The highest BCUT2D eigenvalue weighted by molar-refractivity contribution is 5.87. The van der Waals surface area contributed by atoms with E-state index in [9.17, 15) is 9.18 Å². The minimum atomic E-state index is -0.276. The molecular weight excluding hydrogens is 339 g/mol. The van der Waals surface area contributed by atoms with E-state index < -0.39 is 0 Å². The first-order valence-corrected chi connectivity index (χ1v) is 9.47. The molecule has 2 aromatic carbocycles. The first-order valence-electron chi connectivity index (χ1n) is 9.47. The van der Waals surface area contributed by atoms with Crippen molar-refractivity contribution in [1.29, 1.82) is 0 Å². The summed E-state index contributed by atoms with van der Waals surface area (Å²) in [6.45, 7) is 7.98. The summed E-state index contributed by atoms with van der Waals surface area (Å²) in [6, 6.07) is 12.8. The van der Waals surface area contributed by atoms with E-state index in [1.807, 2.05) is 4.90 Å². The SMILES string of the molecule is CC(C)(C)c1ccc2[nH]c3c(c2c1)CN(C(=O)Cc1ccc(F)cc1)CC3. The van der Waals surface area contributed by atoms with Gasteiger partial charge in [0.25, 0.3) is 0 Å². The Kier molecular flexibility index (Phi) is 4.29. The van der Waals surface area contributed by atoms with Gasteiger partial charge in [-0.3, -0.25) is 4.79 Å². The summed E-state index contributed by atoms with van der Waals surface area (Å²) in [5.74, 6) is -0.184. The van der Waals surface area contributed by atoms with Gasteiger partial charge in [0.1, 0.15) is 5.82 Å². The van der Waals surface area contributed by atoms with E-state index in [2.05, 4.69) is 44.0 Å². The number of carbonyl (C=O) groups is 1. The zero-order valence-corrected chi connectivity index (χ0v) is 16.1. The Balaban J connectivity index is 1.59. The lowest BCUT2D eigenvalue weighted by Crippen LogP contribution is -2.36. The van der Waals surface area contributed by atoms with E-state index in [1.165, 1.54) is 34.3 Å². The van der Waals surface area contributed by atoms with Gasteiger partial charge in [0, 0.05) is 41.7 Å². The Morgan fingerprint density at radius 1 is 1.15 bits per heavy atom. The Hall–Kier alpha value is -2.62. The molecule has 0 atom stereocenters. The van der Waals surface area contributed by atoms with E-state index in [1.54, 1.807) is 12.1 Å². The van der Waals surface area contributed by atoms with Crippen LogP contribution in [-0.2, 0) is 29.6 Å². The number of fused-ring (bicyclic) bond motifs is 3. The number of benzene rings is 2. The number of aromatic nitrogens is 1. The van der Waals surface area contributed by atoms with Gasteiger partial charge >= 0.3 is 0 Å². The van der Waals surface area contributed by atoms with Crippen LogP contribution < -0.4 is 0 Å². The van der Waals surface area contributed by atoms with Crippen molar-refractivity contribution in [2.75, 3.05) is 6.54 Å². The molecule has 2 heterocycles. The third-order valence-corrected chi connectivity index (χ3v) is 5.46. The Bertz CT molecular complexity index is 996. The minimum Gasteiger partial charge on any atom is -0.358 e. The highest BCUT2D eigenvalue weighted by Gasteiger charge is 2.25. The van der Waals surface area contributed by atoms with Gasteiger partial charge in [-0.1, -0.05) is 39.0 Å². The molecule has 1 N–H and O–H groups in total. The van der Waals surface area contributed by atoms with Crippen LogP contribution in [0.25, 0.3) is 10.9 Å². The maximum absolute atomic E-state index is 13.1. The van der Waals surface area contributed by atoms with Crippen molar-refractivity contribution in [3.8, 4) is 0 Å². The predicted octanol–water partition coefficient (Wildman–Crippen LogP) is 4.73. The minimum absolute atomic E-state index is 0.0884. The molecule has 27 heavy (non-hydrogen) atoms. The molecule has 0 unspecified atom stereocenters. The number of carbonyl (C=O) groups excluding carboxylic acids is 1. The van der Waals surface area contributed by atoms with Crippen molar-refractivity contribution in [1.82, 2.24) is 9.88 Å². The lowest BCUT2D eigenvalue weighted by Gasteiger charge is -2.27. The molecule has 140 valence electrons. The largest absolute Gasteiger partial charge is 0.358 e. The number of nitrogens with one attached hydrogen (secondary N) is 1. The second-order valence-corrected chi connectivity index (χ2v) is 8.46. The van der Waals surface area contributed by atoms with Gasteiger partial charge < -0.3 is 9.88 Å². The number of rotatable bonds is 2. The van der Waals surface area contributed by atoms with Crippen molar-refractivity contribution in [3.05, 3.63) is 70.7 Å². The number of hydrogen-bond donors (Lipinski definition) is 1. The average Bonchev–Trinajstić information content (AvgIpc) is 3.00. The fourth-order valence-corrected chi connectivity index (χ4v) is 3.78. The summed E-state index contributed by atoms with van der Waals surface area (Å²) in [7, 11) is 0. The molecule has 0 fully saturated rings. The molecule has 1 aliphatic rings. The van der Waals surface area contributed by atoms with Gasteiger partial charge in [-0.15, -0.1) is 0 Å². The van der Waals surface area contributed by atoms with Crippen LogP contribution in [0.4, 0.5) is 4.39 Å². The summed E-state index contributed by atoms with van der Waals surface area (Å²) in [5.41, 5.74) is 5.84. The monoisotopic (exact) mass is 364 g/mol. The molecule has 1 aromatic heterocycles. The zero-order valence-electron chi connectivity index (χ0n) is 16.1. The lowest BCUT2D eigenvalue weighted by atomic mass is 9.86. The van der Waals surface area contributed by atoms with Crippen LogP contribution in [-0.4, -0.2) is 22.3 Å². The smallest absolute Gasteiger partial charge is 0.227 e. The summed E-state index contributed by atoms with van der Waals surface area (Å²) in [4.78, 5) is 18.2. The normalized spacial score (nSPS) is 14.4. The van der Waals surface area contributed by atoms with E-state index in [0.717, 1.165) is 17.5 Å². The number of hydrogen-bond acceptors (Lipinski definition) is 1. The molecule has 0 spiro atoms. The van der Waals surface area contributed by atoms with Gasteiger partial charge in [-0.05, 0) is 40.8 Å². The number of aromatic amines is 1. The average molecular weight is 364 g/mol. The Morgan fingerprint density at radius 3 is 2.59 bits per heavy atom. The van der Waals surface area contributed by atoms with Crippen molar-refractivity contribution < 1.29 is 9.18 Å². The second-order valence-electron chi connectivity index (χ2n) is 8.46. The van der Waals surface area contributed by atoms with Crippen LogP contribution in [0.5, 0.6) is 0 Å². The van der Waals surface area contributed by atoms with E-state index in [4.69, 9.17) is 0 Å². The van der Waals surface area contributed by atoms with Crippen molar-refractivity contribution in [3.63, 3.8) is 0 Å². The highest BCUT2D eigenvalue weighted by atomic mass is 19.1. The van der Waals surface area contributed by atoms with Gasteiger partial charge in [-0.2, -0.15) is 0 Å². The molecule has 0 aliphatic carbocycles. The highest BCUT2D eigenvalue weighted by Crippen LogP contribution is 2.32. The van der Waals surface area contributed by atoms with Crippen LogP contribution in [0.1, 0.15) is 43.2 Å². The Morgan fingerprint density at radius 2 is 1.89 bits per heavy atom. The fraction of sp³-hybridized carbons (Fsp3) is 0.348. The summed E-state index contributed by atoms with van der Waals surface area (Å²) in [6.07, 6.45) is 1.15. The first-order chi connectivity index (χ1) is 12.8. The molecule has 4 rings (SSSR count). The maximum Gasteiger partial charge on any atom is 0.227 e. The molecule has 0 radical (unpaired) electrons. The van der Waals surface area contributed by atoms with E-state index >= 15 is 0 Å². The standard InChI is InChI=1S/C23H25FN2O/c1-23(2,3)16-6-9-20-18(13-16)19-14-26(11-10-21(19)25-20)22(27)12-15-4-7-17(24)8-5-15/h4-9,13,25H,10-12,14H2,1-3H3.